The van der Waals surface area contributed by atoms with Gasteiger partial charge in [0.05, 0.1) is 0 Å². The Bertz CT molecular complexity index is 1140. The molecule has 4 aromatic carbocycles. The summed E-state index contributed by atoms with van der Waals surface area (Å²) in [7, 11) is 0. The maximum absolute atomic E-state index is 13.8. The average Bonchev–Trinajstić information content (AvgIpc) is 2.71. The summed E-state index contributed by atoms with van der Waals surface area (Å²) in [5, 5.41) is 4.12. The van der Waals surface area contributed by atoms with Gasteiger partial charge in [0, 0.05) is 0 Å². The minimum absolute atomic E-state index is 0.467. The van der Waals surface area contributed by atoms with Gasteiger partial charge in [0.2, 0.25) is 0 Å². The van der Waals surface area contributed by atoms with Gasteiger partial charge >= 0.3 is 0 Å². The summed E-state index contributed by atoms with van der Waals surface area (Å²) in [6.45, 7) is 2.22. The molecule has 0 unspecified atom stereocenters. The van der Waals surface area contributed by atoms with Gasteiger partial charge in [0.15, 0.2) is 0 Å². The van der Waals surface area contributed by atoms with Crippen molar-refractivity contribution in [3.63, 3.8) is 0 Å². The highest BCUT2D eigenvalue weighted by Crippen LogP contribution is 2.32. The zero-order chi connectivity index (χ0) is 19.7. The maximum Gasteiger partial charge on any atom is 0.145 e. The van der Waals surface area contributed by atoms with Crippen LogP contribution in [0.3, 0.4) is 0 Å². The monoisotopic (exact) mass is 394 g/mol. The second-order valence-electron chi connectivity index (χ2n) is 7.27. The van der Waals surface area contributed by atoms with Crippen molar-refractivity contribution >= 4 is 33.1 Å². The van der Waals surface area contributed by atoms with E-state index in [4.69, 9.17) is 11.6 Å². The highest BCUT2D eigenvalue weighted by atomic mass is 35.5. The first-order valence-corrected chi connectivity index (χ1v) is 10.0. The van der Waals surface area contributed by atoms with Crippen molar-refractivity contribution in [3.8, 4) is 11.1 Å². The summed E-state index contributed by atoms with van der Waals surface area (Å²) in [6.07, 6.45) is 4.80. The molecule has 0 spiro atoms. The summed E-state index contributed by atoms with van der Waals surface area (Å²) in [5.74, 6) is -1.49. The predicted molar refractivity (Wildman–Crippen MR) is 115 cm³/mol. The number of unbranched alkanes of at least 4 members (excludes halogenated alkanes) is 2. The van der Waals surface area contributed by atoms with E-state index in [9.17, 15) is 8.78 Å². The Balaban J connectivity index is 1.74. The van der Waals surface area contributed by atoms with Crippen molar-refractivity contribution in [3.05, 3.63) is 82.9 Å². The first kappa shape index (κ1) is 18.9. The van der Waals surface area contributed by atoms with Gasteiger partial charge < -0.3 is 0 Å². The van der Waals surface area contributed by atoms with Crippen molar-refractivity contribution in [1.82, 2.24) is 0 Å². The third-order valence-corrected chi connectivity index (χ3v) is 5.65. The predicted octanol–water partition coefficient (Wildman–Crippen LogP) is 8.32. The minimum atomic E-state index is -0.745. The van der Waals surface area contributed by atoms with E-state index < -0.39 is 16.7 Å². The molecule has 0 amide bonds. The molecule has 4 aromatic rings. The molecule has 0 N–H and O–H groups in total. The molecule has 0 heterocycles. The van der Waals surface area contributed by atoms with Crippen LogP contribution in [0, 0.1) is 11.6 Å². The number of benzene rings is 4. The highest BCUT2D eigenvalue weighted by molar-refractivity contribution is 6.31. The Hall–Kier alpha value is -2.45. The molecule has 0 fully saturated rings. The molecule has 4 rings (SSSR count). The number of hydrogen-bond donors (Lipinski definition) is 0. The van der Waals surface area contributed by atoms with E-state index >= 15 is 0 Å². The minimum Gasteiger partial charge on any atom is -0.205 e. The van der Waals surface area contributed by atoms with Crippen LogP contribution in [0.1, 0.15) is 31.7 Å². The van der Waals surface area contributed by atoms with Crippen LogP contribution >= 0.6 is 11.6 Å². The summed E-state index contributed by atoms with van der Waals surface area (Å²) >= 11 is 5.60. The molecule has 0 bridgehead atoms. The summed E-state index contributed by atoms with van der Waals surface area (Å²) in [5.41, 5.74) is 2.61. The standard InChI is InChI=1S/C25H21ClF2/c1-2-3-4-5-16-6-10-21-18(12-16)7-8-19-13-17(9-11-22(19)21)20-14-23(27)25(26)24(28)15-20/h6-15H,2-5H2,1H3. The molecule has 142 valence electrons. The first-order valence-electron chi connectivity index (χ1n) is 9.67. The fourth-order valence-electron chi connectivity index (χ4n) is 3.76. The second kappa shape index (κ2) is 7.89. The van der Waals surface area contributed by atoms with Gasteiger partial charge in [-0.25, -0.2) is 8.78 Å². The Morgan fingerprint density at radius 3 is 2.04 bits per heavy atom. The molecular weight excluding hydrogens is 374 g/mol. The smallest absolute Gasteiger partial charge is 0.145 e. The molecular formula is C25H21ClF2. The quantitative estimate of drug-likeness (QED) is 0.181. The lowest BCUT2D eigenvalue weighted by molar-refractivity contribution is 0.585. The third-order valence-electron chi connectivity index (χ3n) is 5.29. The zero-order valence-electron chi connectivity index (χ0n) is 15.7. The van der Waals surface area contributed by atoms with Gasteiger partial charge in [-0.1, -0.05) is 73.8 Å². The SMILES string of the molecule is CCCCCc1ccc2c(ccc3cc(-c4cc(F)c(Cl)c(F)c4)ccc32)c1. The number of halogens is 3. The molecule has 3 heteroatoms. The van der Waals surface area contributed by atoms with E-state index in [0.717, 1.165) is 22.8 Å². The lowest BCUT2D eigenvalue weighted by Gasteiger charge is -2.10. The number of rotatable bonds is 5. The lowest BCUT2D eigenvalue weighted by atomic mass is 9.95. The van der Waals surface area contributed by atoms with E-state index in [0.29, 0.717) is 5.56 Å². The van der Waals surface area contributed by atoms with Crippen molar-refractivity contribution in [2.45, 2.75) is 32.6 Å². The number of aryl methyl sites for hydroxylation is 1. The number of fused-ring (bicyclic) bond motifs is 3. The molecule has 0 saturated heterocycles. The van der Waals surface area contributed by atoms with Crippen LogP contribution in [0.15, 0.2) is 60.7 Å². The average molecular weight is 395 g/mol. The highest BCUT2D eigenvalue weighted by Gasteiger charge is 2.11. The van der Waals surface area contributed by atoms with E-state index in [-0.39, 0.29) is 0 Å². The fourth-order valence-corrected chi connectivity index (χ4v) is 3.87. The topological polar surface area (TPSA) is 0 Å². The van der Waals surface area contributed by atoms with Crippen molar-refractivity contribution in [2.75, 3.05) is 0 Å². The maximum atomic E-state index is 13.8. The normalized spacial score (nSPS) is 11.4. The van der Waals surface area contributed by atoms with E-state index in [1.807, 2.05) is 18.2 Å². The van der Waals surface area contributed by atoms with Crippen molar-refractivity contribution < 1.29 is 8.78 Å². The van der Waals surface area contributed by atoms with Crippen molar-refractivity contribution in [2.24, 2.45) is 0 Å². The fraction of sp³-hybridized carbons (Fsp3) is 0.200. The Kier molecular flexibility index (Phi) is 5.32. The molecule has 28 heavy (non-hydrogen) atoms. The molecule has 0 radical (unpaired) electrons. The van der Waals surface area contributed by atoms with E-state index in [2.05, 4.69) is 37.3 Å². The van der Waals surface area contributed by atoms with Crippen LogP contribution < -0.4 is 0 Å². The van der Waals surface area contributed by atoms with Crippen LogP contribution in [0.2, 0.25) is 5.02 Å². The molecule has 0 nitrogen and oxygen atoms in total. The number of hydrogen-bond acceptors (Lipinski definition) is 0. The van der Waals surface area contributed by atoms with Gasteiger partial charge in [-0.2, -0.15) is 0 Å². The zero-order valence-corrected chi connectivity index (χ0v) is 16.5. The van der Waals surface area contributed by atoms with Crippen LogP contribution in [-0.4, -0.2) is 0 Å². The molecule has 0 atom stereocenters. The van der Waals surface area contributed by atoms with E-state index in [1.54, 1.807) is 0 Å². The molecule has 0 aliphatic carbocycles. The van der Waals surface area contributed by atoms with Gasteiger partial charge in [-0.15, -0.1) is 0 Å². The summed E-state index contributed by atoms with van der Waals surface area (Å²) in [6, 6.07) is 19.3. The van der Waals surface area contributed by atoms with Crippen LogP contribution in [-0.2, 0) is 6.42 Å². The van der Waals surface area contributed by atoms with Gasteiger partial charge in [0.1, 0.15) is 16.7 Å². The summed E-state index contributed by atoms with van der Waals surface area (Å²) < 4.78 is 27.6. The summed E-state index contributed by atoms with van der Waals surface area (Å²) in [4.78, 5) is 0. The van der Waals surface area contributed by atoms with Crippen LogP contribution in [0.25, 0.3) is 32.7 Å². The van der Waals surface area contributed by atoms with Gasteiger partial charge in [-0.05, 0) is 69.3 Å². The van der Waals surface area contributed by atoms with Crippen LogP contribution in [0.4, 0.5) is 8.78 Å². The van der Waals surface area contributed by atoms with E-state index in [1.165, 1.54) is 47.7 Å². The Labute approximate surface area is 168 Å². The molecule has 0 aliphatic heterocycles. The molecule has 0 aromatic heterocycles. The Morgan fingerprint density at radius 2 is 1.36 bits per heavy atom. The third kappa shape index (κ3) is 3.62. The molecule has 0 saturated carbocycles. The van der Waals surface area contributed by atoms with Crippen molar-refractivity contribution in [1.29, 1.82) is 0 Å². The molecule has 0 aliphatic rings. The van der Waals surface area contributed by atoms with Gasteiger partial charge in [-0.3, -0.25) is 0 Å². The second-order valence-corrected chi connectivity index (χ2v) is 7.65. The van der Waals surface area contributed by atoms with Gasteiger partial charge in [0.25, 0.3) is 0 Å². The Morgan fingerprint density at radius 1 is 0.714 bits per heavy atom. The van der Waals surface area contributed by atoms with Crippen LogP contribution in [0.5, 0.6) is 0 Å². The first-order chi connectivity index (χ1) is 13.6. The largest absolute Gasteiger partial charge is 0.205 e. The lowest BCUT2D eigenvalue weighted by Crippen LogP contribution is -1.88.